The van der Waals surface area contributed by atoms with Crippen LogP contribution in [0.15, 0.2) is 18.3 Å². The second kappa shape index (κ2) is 6.72. The molecule has 0 spiro atoms. The monoisotopic (exact) mass is 224 g/mol. The van der Waals surface area contributed by atoms with E-state index in [9.17, 15) is 0 Å². The molecule has 3 heteroatoms. The lowest BCUT2D eigenvalue weighted by atomic mass is 10.3. The Morgan fingerprint density at radius 1 is 1.40 bits per heavy atom. The molecule has 2 nitrogen and oxygen atoms in total. The first kappa shape index (κ1) is 12.4. The number of hydrogen-bond donors (Lipinski definition) is 1. The van der Waals surface area contributed by atoms with Crippen molar-refractivity contribution in [3.8, 4) is 0 Å². The van der Waals surface area contributed by atoms with Crippen LogP contribution >= 0.6 is 11.8 Å². The SMILES string of the molecule is CCNc1ccc(CSCC(C)C)cn1. The van der Waals surface area contributed by atoms with E-state index in [0.717, 1.165) is 24.0 Å². The van der Waals surface area contributed by atoms with Crippen LogP contribution in [0.1, 0.15) is 26.3 Å². The molecule has 0 fully saturated rings. The summed E-state index contributed by atoms with van der Waals surface area (Å²) in [6, 6.07) is 4.20. The van der Waals surface area contributed by atoms with Crippen molar-refractivity contribution in [2.75, 3.05) is 17.6 Å². The summed E-state index contributed by atoms with van der Waals surface area (Å²) in [5.41, 5.74) is 1.31. The molecule has 0 aliphatic heterocycles. The highest BCUT2D eigenvalue weighted by Gasteiger charge is 1.97. The number of thioether (sulfide) groups is 1. The number of nitrogens with zero attached hydrogens (tertiary/aromatic N) is 1. The van der Waals surface area contributed by atoms with Gasteiger partial charge in [0.25, 0.3) is 0 Å². The van der Waals surface area contributed by atoms with Crippen LogP contribution in [-0.4, -0.2) is 17.3 Å². The predicted octanol–water partition coefficient (Wildman–Crippen LogP) is 3.40. The molecule has 0 aromatic carbocycles. The smallest absolute Gasteiger partial charge is 0.125 e. The largest absolute Gasteiger partial charge is 0.370 e. The third-order valence-corrected chi connectivity index (χ3v) is 3.34. The molecule has 0 amide bonds. The van der Waals surface area contributed by atoms with Gasteiger partial charge in [0, 0.05) is 18.5 Å². The maximum absolute atomic E-state index is 4.34. The van der Waals surface area contributed by atoms with Crippen LogP contribution in [0.4, 0.5) is 5.82 Å². The number of nitrogens with one attached hydrogen (secondary N) is 1. The van der Waals surface area contributed by atoms with Crippen molar-refractivity contribution in [1.29, 1.82) is 0 Å². The van der Waals surface area contributed by atoms with E-state index in [-0.39, 0.29) is 0 Å². The van der Waals surface area contributed by atoms with Crippen molar-refractivity contribution in [1.82, 2.24) is 4.98 Å². The molecule has 0 unspecified atom stereocenters. The van der Waals surface area contributed by atoms with Crippen LogP contribution in [0, 0.1) is 5.92 Å². The summed E-state index contributed by atoms with van der Waals surface area (Å²) in [6.45, 7) is 7.50. The average molecular weight is 224 g/mol. The van der Waals surface area contributed by atoms with E-state index in [1.807, 2.05) is 18.0 Å². The van der Waals surface area contributed by atoms with Crippen LogP contribution in [0.5, 0.6) is 0 Å². The van der Waals surface area contributed by atoms with Gasteiger partial charge in [0.15, 0.2) is 0 Å². The summed E-state index contributed by atoms with van der Waals surface area (Å²) in [6.07, 6.45) is 1.96. The minimum Gasteiger partial charge on any atom is -0.370 e. The lowest BCUT2D eigenvalue weighted by Crippen LogP contribution is -1.99. The summed E-state index contributed by atoms with van der Waals surface area (Å²) < 4.78 is 0. The molecule has 0 atom stereocenters. The molecule has 15 heavy (non-hydrogen) atoms. The van der Waals surface area contributed by atoms with E-state index in [2.05, 4.69) is 43.2 Å². The molecule has 1 aromatic heterocycles. The number of anilines is 1. The first-order chi connectivity index (χ1) is 7.22. The Kier molecular flexibility index (Phi) is 5.54. The zero-order valence-corrected chi connectivity index (χ0v) is 10.6. The Labute approximate surface area is 96.9 Å². The molecule has 0 radical (unpaired) electrons. The van der Waals surface area contributed by atoms with E-state index >= 15 is 0 Å². The van der Waals surface area contributed by atoms with Gasteiger partial charge in [-0.2, -0.15) is 11.8 Å². The lowest BCUT2D eigenvalue weighted by Gasteiger charge is -2.05. The highest BCUT2D eigenvalue weighted by Crippen LogP contribution is 2.15. The van der Waals surface area contributed by atoms with Gasteiger partial charge >= 0.3 is 0 Å². The number of rotatable bonds is 6. The fourth-order valence-corrected chi connectivity index (χ4v) is 2.20. The number of hydrogen-bond acceptors (Lipinski definition) is 3. The van der Waals surface area contributed by atoms with Gasteiger partial charge in [-0.3, -0.25) is 0 Å². The van der Waals surface area contributed by atoms with Gasteiger partial charge in [0.2, 0.25) is 0 Å². The third-order valence-electron chi connectivity index (χ3n) is 1.90. The van der Waals surface area contributed by atoms with Crippen molar-refractivity contribution in [2.24, 2.45) is 5.92 Å². The van der Waals surface area contributed by atoms with E-state index in [1.165, 1.54) is 11.3 Å². The normalized spacial score (nSPS) is 10.7. The third kappa shape index (κ3) is 5.07. The minimum absolute atomic E-state index is 0.768. The molecule has 0 bridgehead atoms. The highest BCUT2D eigenvalue weighted by atomic mass is 32.2. The van der Waals surface area contributed by atoms with Crippen LogP contribution in [0.2, 0.25) is 0 Å². The molecular weight excluding hydrogens is 204 g/mol. The van der Waals surface area contributed by atoms with Crippen LogP contribution in [0.25, 0.3) is 0 Å². The summed E-state index contributed by atoms with van der Waals surface area (Å²) in [5, 5.41) is 3.19. The quantitative estimate of drug-likeness (QED) is 0.801. The van der Waals surface area contributed by atoms with Crippen molar-refractivity contribution in [2.45, 2.75) is 26.5 Å². The fourth-order valence-electron chi connectivity index (χ4n) is 1.21. The van der Waals surface area contributed by atoms with E-state index in [1.54, 1.807) is 0 Å². The lowest BCUT2D eigenvalue weighted by molar-refractivity contribution is 0.750. The van der Waals surface area contributed by atoms with E-state index in [0.29, 0.717) is 0 Å². The molecule has 1 rings (SSSR count). The molecular formula is C12H20N2S. The van der Waals surface area contributed by atoms with Gasteiger partial charge < -0.3 is 5.32 Å². The Morgan fingerprint density at radius 3 is 2.73 bits per heavy atom. The van der Waals surface area contributed by atoms with Crippen molar-refractivity contribution >= 4 is 17.6 Å². The number of aromatic nitrogens is 1. The molecule has 0 aliphatic rings. The van der Waals surface area contributed by atoms with E-state index < -0.39 is 0 Å². The topological polar surface area (TPSA) is 24.9 Å². The summed E-state index contributed by atoms with van der Waals surface area (Å²) in [4.78, 5) is 4.34. The van der Waals surface area contributed by atoms with Crippen LogP contribution in [-0.2, 0) is 5.75 Å². The van der Waals surface area contributed by atoms with Crippen molar-refractivity contribution < 1.29 is 0 Å². The first-order valence-corrected chi connectivity index (χ1v) is 6.64. The Balaban J connectivity index is 2.36. The zero-order valence-electron chi connectivity index (χ0n) is 9.79. The molecule has 84 valence electrons. The molecule has 0 saturated carbocycles. The van der Waals surface area contributed by atoms with Crippen molar-refractivity contribution in [3.05, 3.63) is 23.9 Å². The van der Waals surface area contributed by atoms with Crippen molar-refractivity contribution in [3.63, 3.8) is 0 Å². The van der Waals surface area contributed by atoms with Gasteiger partial charge in [-0.25, -0.2) is 4.98 Å². The summed E-state index contributed by atoms with van der Waals surface area (Å²) in [5.74, 6) is 4.02. The zero-order chi connectivity index (χ0) is 11.1. The van der Waals surface area contributed by atoms with Gasteiger partial charge in [-0.05, 0) is 30.2 Å². The van der Waals surface area contributed by atoms with Gasteiger partial charge in [-0.1, -0.05) is 19.9 Å². The molecule has 1 heterocycles. The summed E-state index contributed by atoms with van der Waals surface area (Å²) in [7, 11) is 0. The maximum Gasteiger partial charge on any atom is 0.125 e. The first-order valence-electron chi connectivity index (χ1n) is 5.49. The van der Waals surface area contributed by atoms with Gasteiger partial charge in [0.05, 0.1) is 0 Å². The summed E-state index contributed by atoms with van der Waals surface area (Å²) >= 11 is 1.97. The van der Waals surface area contributed by atoms with Crippen LogP contribution < -0.4 is 5.32 Å². The fraction of sp³-hybridized carbons (Fsp3) is 0.583. The second-order valence-electron chi connectivity index (χ2n) is 3.99. The molecule has 0 aliphatic carbocycles. The Bertz CT molecular complexity index is 269. The molecule has 1 N–H and O–H groups in total. The molecule has 0 saturated heterocycles. The second-order valence-corrected chi connectivity index (χ2v) is 5.02. The maximum atomic E-state index is 4.34. The molecule has 1 aromatic rings. The Morgan fingerprint density at radius 2 is 2.20 bits per heavy atom. The minimum atomic E-state index is 0.768. The van der Waals surface area contributed by atoms with E-state index in [4.69, 9.17) is 0 Å². The van der Waals surface area contributed by atoms with Gasteiger partial charge in [0.1, 0.15) is 5.82 Å². The Hall–Kier alpha value is -0.700. The number of pyridine rings is 1. The predicted molar refractivity (Wildman–Crippen MR) is 69.4 cm³/mol. The van der Waals surface area contributed by atoms with Crippen LogP contribution in [0.3, 0.4) is 0 Å². The van der Waals surface area contributed by atoms with Gasteiger partial charge in [-0.15, -0.1) is 0 Å². The standard InChI is InChI=1S/C12H20N2S/c1-4-13-12-6-5-11(7-14-12)9-15-8-10(2)3/h5-7,10H,4,8-9H2,1-3H3,(H,13,14). The highest BCUT2D eigenvalue weighted by molar-refractivity contribution is 7.98. The average Bonchev–Trinajstić information content (AvgIpc) is 2.20.